The summed E-state index contributed by atoms with van der Waals surface area (Å²) in [5.41, 5.74) is 7.43. The lowest BCUT2D eigenvalue weighted by Crippen LogP contribution is -2.50. The summed E-state index contributed by atoms with van der Waals surface area (Å²) in [5.74, 6) is 0.0247. The molecule has 0 N–H and O–H groups in total. The molecule has 2 unspecified atom stereocenters. The number of anilines is 3. The van der Waals surface area contributed by atoms with Gasteiger partial charge in [0, 0.05) is 23.1 Å². The Morgan fingerprint density at radius 2 is 1.15 bits per heavy atom. The van der Waals surface area contributed by atoms with Crippen molar-refractivity contribution in [2.45, 2.75) is 5.41 Å². The van der Waals surface area contributed by atoms with Crippen LogP contribution in [0.1, 0.15) is 27.0 Å². The second kappa shape index (κ2) is 7.16. The highest BCUT2D eigenvalue weighted by atomic mass is 16.1. The SMILES string of the molecule is O=C1c2ccccc2C2(c3ccccc3N(c3ccccc3)c3ccccc32)C2C=CC=CC12. The van der Waals surface area contributed by atoms with E-state index in [0.29, 0.717) is 0 Å². The first kappa shape index (κ1) is 19.3. The van der Waals surface area contributed by atoms with Gasteiger partial charge >= 0.3 is 0 Å². The summed E-state index contributed by atoms with van der Waals surface area (Å²) < 4.78 is 0. The third-order valence-corrected chi connectivity index (χ3v) is 7.71. The van der Waals surface area contributed by atoms with Crippen molar-refractivity contribution in [1.82, 2.24) is 0 Å². The lowest BCUT2D eigenvalue weighted by atomic mass is 9.51. The standard InChI is InChI=1S/C32H23NO/c34-31-23-14-4-6-16-25(23)32(26-17-7-5-15-24(26)31)27-18-8-10-20-29(27)33(22-12-2-1-3-13-22)30-21-11-9-19-28(30)32/h1-21,23,25H. The van der Waals surface area contributed by atoms with Gasteiger partial charge in [-0.15, -0.1) is 0 Å². The van der Waals surface area contributed by atoms with Gasteiger partial charge in [0.2, 0.25) is 0 Å². The summed E-state index contributed by atoms with van der Waals surface area (Å²) in [4.78, 5) is 16.1. The van der Waals surface area contributed by atoms with Crippen LogP contribution in [0.15, 0.2) is 127 Å². The predicted molar refractivity (Wildman–Crippen MR) is 137 cm³/mol. The van der Waals surface area contributed by atoms with Crippen LogP contribution in [0.5, 0.6) is 0 Å². The molecule has 3 aliphatic rings. The number of hydrogen-bond acceptors (Lipinski definition) is 2. The Hall–Kier alpha value is -4.17. The maximum absolute atomic E-state index is 13.7. The number of para-hydroxylation sites is 3. The van der Waals surface area contributed by atoms with Crippen molar-refractivity contribution < 1.29 is 4.79 Å². The second-order valence-electron chi connectivity index (χ2n) is 9.24. The molecule has 0 saturated carbocycles. The fourth-order valence-corrected chi connectivity index (χ4v) is 6.46. The molecule has 0 saturated heterocycles. The summed E-state index contributed by atoms with van der Waals surface area (Å²) in [6, 6.07) is 36.3. The van der Waals surface area contributed by atoms with E-state index in [1.807, 2.05) is 18.2 Å². The first-order valence-electron chi connectivity index (χ1n) is 11.8. The Kier molecular flexibility index (Phi) is 4.07. The monoisotopic (exact) mass is 437 g/mol. The largest absolute Gasteiger partial charge is 0.310 e. The van der Waals surface area contributed by atoms with E-state index in [1.54, 1.807) is 0 Å². The van der Waals surface area contributed by atoms with E-state index < -0.39 is 5.41 Å². The van der Waals surface area contributed by atoms with Crippen molar-refractivity contribution in [1.29, 1.82) is 0 Å². The number of ketones is 1. The highest BCUT2D eigenvalue weighted by molar-refractivity contribution is 6.04. The molecule has 0 aromatic heterocycles. The lowest BCUT2D eigenvalue weighted by Gasteiger charge is -2.53. The van der Waals surface area contributed by atoms with Gasteiger partial charge in [0.05, 0.1) is 16.8 Å². The maximum atomic E-state index is 13.7. The molecule has 2 nitrogen and oxygen atoms in total. The molecule has 1 heterocycles. The first-order valence-corrected chi connectivity index (χ1v) is 11.8. The number of rotatable bonds is 1. The lowest BCUT2D eigenvalue weighted by molar-refractivity contribution is 0.0881. The molecule has 0 radical (unpaired) electrons. The number of nitrogens with zero attached hydrogens (tertiary/aromatic N) is 1. The highest BCUT2D eigenvalue weighted by Crippen LogP contribution is 2.62. The molecule has 2 heteroatoms. The zero-order valence-electron chi connectivity index (χ0n) is 18.6. The molecule has 0 bridgehead atoms. The normalized spacial score (nSPS) is 20.9. The van der Waals surface area contributed by atoms with Crippen LogP contribution in [0, 0.1) is 11.8 Å². The van der Waals surface area contributed by atoms with E-state index in [1.165, 1.54) is 22.5 Å². The summed E-state index contributed by atoms with van der Waals surface area (Å²) in [5, 5.41) is 0. The average molecular weight is 438 g/mol. The molecule has 1 spiro atoms. The topological polar surface area (TPSA) is 20.3 Å². The van der Waals surface area contributed by atoms with Crippen LogP contribution < -0.4 is 4.90 Å². The van der Waals surface area contributed by atoms with Crippen molar-refractivity contribution in [3.8, 4) is 0 Å². The van der Waals surface area contributed by atoms with Gasteiger partial charge < -0.3 is 4.90 Å². The van der Waals surface area contributed by atoms with Crippen LogP contribution in [-0.2, 0) is 5.41 Å². The number of carbonyl (C=O) groups excluding carboxylic acids is 1. The summed E-state index contributed by atoms with van der Waals surface area (Å²) in [6.45, 7) is 0. The van der Waals surface area contributed by atoms with E-state index in [2.05, 4.69) is 114 Å². The molecule has 0 amide bonds. The molecule has 162 valence electrons. The third kappa shape index (κ3) is 2.38. The zero-order chi connectivity index (χ0) is 22.7. The first-order chi connectivity index (χ1) is 16.8. The molecule has 4 aromatic rings. The van der Waals surface area contributed by atoms with E-state index in [4.69, 9.17) is 0 Å². The number of benzene rings is 4. The summed E-state index contributed by atoms with van der Waals surface area (Å²) in [7, 11) is 0. The molecule has 2 atom stereocenters. The summed E-state index contributed by atoms with van der Waals surface area (Å²) >= 11 is 0. The van der Waals surface area contributed by atoms with Crippen LogP contribution in [-0.4, -0.2) is 5.78 Å². The number of allylic oxidation sites excluding steroid dienone is 4. The van der Waals surface area contributed by atoms with Gasteiger partial charge in [-0.2, -0.15) is 0 Å². The number of carbonyl (C=O) groups is 1. The Balaban J connectivity index is 1.65. The van der Waals surface area contributed by atoms with Gasteiger partial charge in [0.25, 0.3) is 0 Å². The van der Waals surface area contributed by atoms with Crippen molar-refractivity contribution in [3.05, 3.63) is 150 Å². The number of Topliss-reactive ketones (excluding diaryl/α,β-unsaturated/α-hetero) is 1. The Labute approximate surface area is 199 Å². The van der Waals surface area contributed by atoms with Gasteiger partial charge in [0.1, 0.15) is 0 Å². The zero-order valence-corrected chi connectivity index (χ0v) is 18.6. The molecule has 1 aliphatic heterocycles. The Morgan fingerprint density at radius 1 is 0.588 bits per heavy atom. The minimum atomic E-state index is -0.463. The van der Waals surface area contributed by atoms with Crippen molar-refractivity contribution in [3.63, 3.8) is 0 Å². The fraction of sp³-hybridized carbons (Fsp3) is 0.0938. The fourth-order valence-electron chi connectivity index (χ4n) is 6.46. The predicted octanol–water partition coefficient (Wildman–Crippen LogP) is 7.36. The van der Waals surface area contributed by atoms with Gasteiger partial charge in [-0.1, -0.05) is 103 Å². The van der Waals surface area contributed by atoms with Crippen molar-refractivity contribution in [2.75, 3.05) is 4.90 Å². The average Bonchev–Trinajstić information content (AvgIpc) is 2.91. The maximum Gasteiger partial charge on any atom is 0.170 e. The second-order valence-corrected chi connectivity index (χ2v) is 9.24. The Morgan fingerprint density at radius 3 is 1.85 bits per heavy atom. The van der Waals surface area contributed by atoms with Gasteiger partial charge in [-0.3, -0.25) is 4.79 Å². The van der Waals surface area contributed by atoms with E-state index in [-0.39, 0.29) is 17.6 Å². The number of fused-ring (bicyclic) bond motifs is 8. The minimum absolute atomic E-state index is 0.000114. The smallest absolute Gasteiger partial charge is 0.170 e. The van der Waals surface area contributed by atoms with Crippen molar-refractivity contribution in [2.24, 2.45) is 11.8 Å². The quantitative estimate of drug-likeness (QED) is 0.310. The third-order valence-electron chi connectivity index (χ3n) is 7.71. The molecule has 34 heavy (non-hydrogen) atoms. The minimum Gasteiger partial charge on any atom is -0.310 e. The van der Waals surface area contributed by atoms with Crippen LogP contribution in [0.2, 0.25) is 0 Å². The molecule has 2 aliphatic carbocycles. The van der Waals surface area contributed by atoms with Crippen LogP contribution in [0.25, 0.3) is 0 Å². The van der Waals surface area contributed by atoms with Gasteiger partial charge in [-0.25, -0.2) is 0 Å². The van der Waals surface area contributed by atoms with Crippen LogP contribution in [0.4, 0.5) is 17.1 Å². The molecule has 0 fully saturated rings. The van der Waals surface area contributed by atoms with Gasteiger partial charge in [0.15, 0.2) is 5.78 Å². The molecular formula is C32H23NO. The number of hydrogen-bond donors (Lipinski definition) is 0. The van der Waals surface area contributed by atoms with E-state index in [9.17, 15) is 4.79 Å². The van der Waals surface area contributed by atoms with Crippen LogP contribution in [0.3, 0.4) is 0 Å². The molecule has 4 aromatic carbocycles. The van der Waals surface area contributed by atoms with Crippen LogP contribution >= 0.6 is 0 Å². The highest BCUT2D eigenvalue weighted by Gasteiger charge is 2.56. The van der Waals surface area contributed by atoms with E-state index >= 15 is 0 Å². The molecule has 7 rings (SSSR count). The van der Waals surface area contributed by atoms with E-state index in [0.717, 1.165) is 16.8 Å². The van der Waals surface area contributed by atoms with Crippen molar-refractivity contribution >= 4 is 22.8 Å². The van der Waals surface area contributed by atoms with Gasteiger partial charge in [-0.05, 0) is 41.0 Å². The Bertz CT molecular complexity index is 1450. The molecular weight excluding hydrogens is 414 g/mol. The summed E-state index contributed by atoms with van der Waals surface area (Å²) in [6.07, 6.45) is 8.49.